The molecule has 1 aromatic heterocycles. The Bertz CT molecular complexity index is 223. The Kier molecular flexibility index (Phi) is 2.55. The van der Waals surface area contributed by atoms with Crippen LogP contribution in [-0.2, 0) is 12.8 Å². The lowest BCUT2D eigenvalue weighted by Crippen LogP contribution is -1.99. The average molecular weight is 168 g/mol. The van der Waals surface area contributed by atoms with E-state index in [1.807, 2.05) is 0 Å². The molecular formula is C7H13BN2S. The summed E-state index contributed by atoms with van der Waals surface area (Å²) in [6.07, 6.45) is 4.94. The fraction of sp³-hybridized carbons (Fsp3) is 0.571. The minimum absolute atomic E-state index is 0. The number of nitrogen functional groups attached to an aromatic ring is 1. The van der Waals surface area contributed by atoms with Gasteiger partial charge in [-0.3, -0.25) is 0 Å². The van der Waals surface area contributed by atoms with E-state index >= 15 is 0 Å². The van der Waals surface area contributed by atoms with Gasteiger partial charge in [0.15, 0.2) is 5.13 Å². The van der Waals surface area contributed by atoms with Gasteiger partial charge in [0.05, 0.1) is 14.1 Å². The third-order valence-electron chi connectivity index (χ3n) is 1.86. The van der Waals surface area contributed by atoms with E-state index in [0.717, 1.165) is 11.6 Å². The predicted octanol–water partition coefficient (Wildman–Crippen LogP) is 0.420. The van der Waals surface area contributed by atoms with Gasteiger partial charge in [-0.2, -0.15) is 0 Å². The zero-order valence-electron chi connectivity index (χ0n) is 5.76. The standard InChI is InChI=1S/C7H10N2S.BH3/c8-7-9-5-3-1-2-4-6(5)10-7;/h1-4H2,(H2,8,9);1H3. The predicted molar refractivity (Wildman–Crippen MR) is 53.1 cm³/mol. The van der Waals surface area contributed by atoms with Crippen LogP contribution in [0.4, 0.5) is 5.13 Å². The van der Waals surface area contributed by atoms with Gasteiger partial charge in [-0.25, -0.2) is 4.98 Å². The molecular weight excluding hydrogens is 155 g/mol. The zero-order valence-corrected chi connectivity index (χ0v) is 6.58. The molecule has 4 heteroatoms. The first-order valence-electron chi connectivity index (χ1n) is 3.60. The van der Waals surface area contributed by atoms with Gasteiger partial charge >= 0.3 is 0 Å². The Morgan fingerprint density at radius 1 is 1.27 bits per heavy atom. The number of rotatable bonds is 0. The SMILES string of the molecule is B.Nc1nc2c(s1)CCCC2. The molecule has 0 saturated carbocycles. The van der Waals surface area contributed by atoms with Crippen LogP contribution in [0, 0.1) is 0 Å². The van der Waals surface area contributed by atoms with Crippen LogP contribution >= 0.6 is 11.3 Å². The van der Waals surface area contributed by atoms with E-state index < -0.39 is 0 Å². The average Bonchev–Trinajstić information content (AvgIpc) is 2.27. The minimum Gasteiger partial charge on any atom is -0.375 e. The molecule has 1 heterocycles. The lowest BCUT2D eigenvalue weighted by molar-refractivity contribution is 0.683. The Morgan fingerprint density at radius 2 is 2.00 bits per heavy atom. The number of aromatic nitrogens is 1. The molecule has 0 atom stereocenters. The molecule has 0 aliphatic heterocycles. The van der Waals surface area contributed by atoms with Crippen LogP contribution in [0.25, 0.3) is 0 Å². The maximum Gasteiger partial charge on any atom is 0.180 e. The fourth-order valence-corrected chi connectivity index (χ4v) is 2.29. The van der Waals surface area contributed by atoms with Crippen molar-refractivity contribution >= 4 is 24.9 Å². The van der Waals surface area contributed by atoms with Crippen molar-refractivity contribution in [3.63, 3.8) is 0 Å². The van der Waals surface area contributed by atoms with Crippen molar-refractivity contribution < 1.29 is 0 Å². The summed E-state index contributed by atoms with van der Waals surface area (Å²) in [6, 6.07) is 0. The molecule has 1 aromatic rings. The monoisotopic (exact) mass is 168 g/mol. The van der Waals surface area contributed by atoms with Crippen molar-refractivity contribution in [2.45, 2.75) is 25.7 Å². The van der Waals surface area contributed by atoms with E-state index in [4.69, 9.17) is 5.73 Å². The highest BCUT2D eigenvalue weighted by Crippen LogP contribution is 2.27. The second-order valence-corrected chi connectivity index (χ2v) is 3.74. The van der Waals surface area contributed by atoms with Gasteiger partial charge in [-0.15, -0.1) is 11.3 Å². The second kappa shape index (κ2) is 3.26. The van der Waals surface area contributed by atoms with Crippen LogP contribution < -0.4 is 5.73 Å². The van der Waals surface area contributed by atoms with E-state index in [0.29, 0.717) is 0 Å². The van der Waals surface area contributed by atoms with Gasteiger partial charge in [0.1, 0.15) is 0 Å². The van der Waals surface area contributed by atoms with Crippen LogP contribution in [0.2, 0.25) is 0 Å². The summed E-state index contributed by atoms with van der Waals surface area (Å²) in [6.45, 7) is 0. The third-order valence-corrected chi connectivity index (χ3v) is 2.85. The number of hydrogen-bond acceptors (Lipinski definition) is 3. The number of hydrogen-bond donors (Lipinski definition) is 1. The lowest BCUT2D eigenvalue weighted by Gasteiger charge is -2.06. The minimum atomic E-state index is 0. The molecule has 0 amide bonds. The lowest BCUT2D eigenvalue weighted by atomic mass is 10.0. The topological polar surface area (TPSA) is 38.9 Å². The van der Waals surface area contributed by atoms with Crippen LogP contribution in [0.1, 0.15) is 23.4 Å². The quantitative estimate of drug-likeness (QED) is 0.570. The third kappa shape index (κ3) is 1.56. The Morgan fingerprint density at radius 3 is 2.73 bits per heavy atom. The molecule has 0 aromatic carbocycles. The molecule has 2 rings (SSSR count). The molecule has 1 aliphatic rings. The number of fused-ring (bicyclic) bond motifs is 1. The molecule has 2 nitrogen and oxygen atoms in total. The molecule has 11 heavy (non-hydrogen) atoms. The maximum absolute atomic E-state index is 5.57. The summed E-state index contributed by atoms with van der Waals surface area (Å²) in [5.41, 5.74) is 6.82. The zero-order chi connectivity index (χ0) is 6.97. The van der Waals surface area contributed by atoms with E-state index in [9.17, 15) is 0 Å². The van der Waals surface area contributed by atoms with Crippen LogP contribution in [0.3, 0.4) is 0 Å². The highest BCUT2D eigenvalue weighted by Gasteiger charge is 2.12. The molecule has 0 saturated heterocycles. The van der Waals surface area contributed by atoms with Crippen molar-refractivity contribution in [3.8, 4) is 0 Å². The largest absolute Gasteiger partial charge is 0.375 e. The Hall–Kier alpha value is -0.505. The molecule has 0 radical (unpaired) electrons. The van der Waals surface area contributed by atoms with Gasteiger partial charge in [-0.05, 0) is 25.7 Å². The van der Waals surface area contributed by atoms with Crippen LogP contribution in [0.5, 0.6) is 0 Å². The highest BCUT2D eigenvalue weighted by atomic mass is 32.1. The molecule has 1 aliphatic carbocycles. The Labute approximate surface area is 72.4 Å². The maximum atomic E-state index is 5.57. The number of nitrogens with zero attached hydrogens (tertiary/aromatic N) is 1. The van der Waals surface area contributed by atoms with Crippen molar-refractivity contribution in [1.82, 2.24) is 4.98 Å². The number of thiazole rings is 1. The summed E-state index contributed by atoms with van der Waals surface area (Å²) in [7, 11) is 0. The van der Waals surface area contributed by atoms with Gasteiger partial charge in [0.25, 0.3) is 0 Å². The molecule has 0 bridgehead atoms. The molecule has 60 valence electrons. The summed E-state index contributed by atoms with van der Waals surface area (Å²) in [5.74, 6) is 0. The Balaban J connectivity index is 0.000000605. The van der Waals surface area contributed by atoms with Gasteiger partial charge in [0, 0.05) is 4.88 Å². The second-order valence-electron chi connectivity index (χ2n) is 2.63. The normalized spacial score (nSPS) is 15.3. The van der Waals surface area contributed by atoms with E-state index in [1.165, 1.54) is 29.8 Å². The van der Waals surface area contributed by atoms with Gasteiger partial charge in [0.2, 0.25) is 0 Å². The van der Waals surface area contributed by atoms with E-state index in [2.05, 4.69) is 4.98 Å². The van der Waals surface area contributed by atoms with Crippen molar-refractivity contribution in [2.75, 3.05) is 5.73 Å². The number of anilines is 1. The summed E-state index contributed by atoms with van der Waals surface area (Å²) in [5, 5.41) is 0.743. The summed E-state index contributed by atoms with van der Waals surface area (Å²) >= 11 is 1.66. The summed E-state index contributed by atoms with van der Waals surface area (Å²) < 4.78 is 0. The molecule has 0 spiro atoms. The van der Waals surface area contributed by atoms with E-state index in [1.54, 1.807) is 11.3 Å². The van der Waals surface area contributed by atoms with Crippen molar-refractivity contribution in [1.29, 1.82) is 0 Å². The van der Waals surface area contributed by atoms with Crippen molar-refractivity contribution in [2.24, 2.45) is 0 Å². The first kappa shape index (κ1) is 8.59. The number of aryl methyl sites for hydroxylation is 2. The smallest absolute Gasteiger partial charge is 0.180 e. The first-order valence-corrected chi connectivity index (χ1v) is 4.42. The van der Waals surface area contributed by atoms with Crippen LogP contribution in [0.15, 0.2) is 0 Å². The molecule has 2 N–H and O–H groups in total. The van der Waals surface area contributed by atoms with E-state index in [-0.39, 0.29) is 8.41 Å². The first-order chi connectivity index (χ1) is 4.86. The molecule has 0 fully saturated rings. The van der Waals surface area contributed by atoms with Gasteiger partial charge < -0.3 is 5.73 Å². The molecule has 0 unspecified atom stereocenters. The van der Waals surface area contributed by atoms with Crippen LogP contribution in [-0.4, -0.2) is 13.4 Å². The fourth-order valence-electron chi connectivity index (χ4n) is 1.37. The summed E-state index contributed by atoms with van der Waals surface area (Å²) in [4.78, 5) is 5.67. The number of nitrogens with two attached hydrogens (primary N) is 1. The van der Waals surface area contributed by atoms with Gasteiger partial charge in [-0.1, -0.05) is 0 Å². The highest BCUT2D eigenvalue weighted by molar-refractivity contribution is 7.15. The van der Waals surface area contributed by atoms with Crippen molar-refractivity contribution in [3.05, 3.63) is 10.6 Å².